The van der Waals surface area contributed by atoms with Crippen LogP contribution in [0.5, 0.6) is 5.75 Å². The molecule has 0 fully saturated rings. The monoisotopic (exact) mass is 296 g/mol. The zero-order valence-electron chi connectivity index (χ0n) is 9.90. The van der Waals surface area contributed by atoms with Gasteiger partial charge in [-0.3, -0.25) is 4.79 Å². The van der Waals surface area contributed by atoms with Crippen molar-refractivity contribution in [3.05, 3.63) is 52.7 Å². The summed E-state index contributed by atoms with van der Waals surface area (Å²) in [6.45, 7) is 0. The summed E-state index contributed by atoms with van der Waals surface area (Å²) in [5.74, 6) is -0.385. The van der Waals surface area contributed by atoms with Gasteiger partial charge in [0.2, 0.25) is 0 Å². The number of rotatable bonds is 1. The first-order chi connectivity index (χ1) is 9.44. The fourth-order valence-corrected chi connectivity index (χ4v) is 3.03. The van der Waals surface area contributed by atoms with Crippen molar-refractivity contribution < 1.29 is 17.9 Å². The van der Waals surface area contributed by atoms with E-state index in [9.17, 15) is 18.0 Å². The van der Waals surface area contributed by atoms with Crippen molar-refractivity contribution in [2.45, 2.75) is 6.36 Å². The van der Waals surface area contributed by atoms with Crippen LogP contribution in [0.1, 0.15) is 0 Å². The minimum Gasteiger partial charge on any atom is -0.406 e. The van der Waals surface area contributed by atoms with Crippen LogP contribution in [0, 0.1) is 0 Å². The molecule has 102 valence electrons. The molecule has 0 saturated carbocycles. The van der Waals surface area contributed by atoms with Crippen LogP contribution in [0.2, 0.25) is 0 Å². The topological polar surface area (TPSA) is 26.3 Å². The van der Waals surface area contributed by atoms with Gasteiger partial charge in [0.15, 0.2) is 5.43 Å². The Morgan fingerprint density at radius 2 is 1.65 bits per heavy atom. The summed E-state index contributed by atoms with van der Waals surface area (Å²) in [7, 11) is 0. The summed E-state index contributed by atoms with van der Waals surface area (Å²) in [4.78, 5) is 12.3. The van der Waals surface area contributed by atoms with Crippen molar-refractivity contribution in [3.8, 4) is 5.75 Å². The minimum absolute atomic E-state index is 0.232. The highest BCUT2D eigenvalue weighted by atomic mass is 32.1. The van der Waals surface area contributed by atoms with E-state index in [0.29, 0.717) is 10.1 Å². The molecule has 0 bridgehead atoms. The van der Waals surface area contributed by atoms with Crippen molar-refractivity contribution in [2.75, 3.05) is 0 Å². The molecule has 2 aromatic carbocycles. The van der Waals surface area contributed by atoms with Crippen molar-refractivity contribution in [2.24, 2.45) is 0 Å². The molecule has 0 aliphatic rings. The highest BCUT2D eigenvalue weighted by Gasteiger charge is 2.31. The predicted molar refractivity (Wildman–Crippen MR) is 72.3 cm³/mol. The molecule has 0 saturated heterocycles. The van der Waals surface area contributed by atoms with Crippen molar-refractivity contribution in [1.82, 2.24) is 0 Å². The first-order valence-electron chi connectivity index (χ1n) is 5.65. The number of alkyl halides is 3. The molecule has 0 aliphatic carbocycles. The van der Waals surface area contributed by atoms with Crippen molar-refractivity contribution in [3.63, 3.8) is 0 Å². The van der Waals surface area contributed by atoms with Gasteiger partial charge in [0.05, 0.1) is 0 Å². The van der Waals surface area contributed by atoms with Gasteiger partial charge in [-0.25, -0.2) is 0 Å². The molecule has 20 heavy (non-hydrogen) atoms. The van der Waals surface area contributed by atoms with Gasteiger partial charge in [-0.1, -0.05) is 12.1 Å². The normalized spacial score (nSPS) is 11.9. The second kappa shape index (κ2) is 4.49. The fourth-order valence-electron chi connectivity index (χ4n) is 1.98. The number of benzene rings is 2. The van der Waals surface area contributed by atoms with Crippen LogP contribution in [0.4, 0.5) is 13.2 Å². The Bertz CT molecular complexity index is 852. The van der Waals surface area contributed by atoms with Gasteiger partial charge in [-0.2, -0.15) is 0 Å². The van der Waals surface area contributed by atoms with Gasteiger partial charge < -0.3 is 4.74 Å². The average Bonchev–Trinajstić information content (AvgIpc) is 2.38. The van der Waals surface area contributed by atoms with E-state index in [2.05, 4.69) is 4.74 Å². The summed E-state index contributed by atoms with van der Waals surface area (Å²) >= 11 is 1.36. The van der Waals surface area contributed by atoms with Gasteiger partial charge in [-0.15, -0.1) is 24.5 Å². The molecule has 3 rings (SSSR count). The van der Waals surface area contributed by atoms with Gasteiger partial charge in [0.1, 0.15) is 5.75 Å². The highest BCUT2D eigenvalue weighted by molar-refractivity contribution is 7.24. The molecule has 2 nitrogen and oxygen atoms in total. The number of fused-ring (bicyclic) bond motifs is 2. The largest absolute Gasteiger partial charge is 0.573 e. The maximum absolute atomic E-state index is 12.3. The SMILES string of the molecule is O=c1c2ccccc2sc2ccc(OC(F)(F)F)cc12. The molecular formula is C14H7F3O2S. The first kappa shape index (κ1) is 12.9. The van der Waals surface area contributed by atoms with Gasteiger partial charge in [0.25, 0.3) is 0 Å². The maximum Gasteiger partial charge on any atom is 0.573 e. The van der Waals surface area contributed by atoms with E-state index < -0.39 is 6.36 Å². The Labute approximate surface area is 115 Å². The second-order valence-corrected chi connectivity index (χ2v) is 5.22. The number of hydrogen-bond donors (Lipinski definition) is 0. The van der Waals surface area contributed by atoms with E-state index in [1.807, 2.05) is 6.07 Å². The smallest absolute Gasteiger partial charge is 0.406 e. The lowest BCUT2D eigenvalue weighted by Gasteiger charge is -2.09. The zero-order chi connectivity index (χ0) is 14.3. The van der Waals surface area contributed by atoms with E-state index in [1.54, 1.807) is 18.2 Å². The molecule has 0 atom stereocenters. The minimum atomic E-state index is -4.77. The summed E-state index contributed by atoms with van der Waals surface area (Å²) in [5.41, 5.74) is -0.290. The van der Waals surface area contributed by atoms with Gasteiger partial charge in [-0.05, 0) is 30.3 Å². The summed E-state index contributed by atoms with van der Waals surface area (Å²) in [5, 5.41) is 0.726. The van der Waals surface area contributed by atoms with Gasteiger partial charge in [0, 0.05) is 20.2 Å². The molecule has 0 radical (unpaired) electrons. The van der Waals surface area contributed by atoms with E-state index in [-0.39, 0.29) is 16.6 Å². The lowest BCUT2D eigenvalue weighted by Crippen LogP contribution is -2.17. The molecule has 3 aromatic rings. The van der Waals surface area contributed by atoms with Gasteiger partial charge >= 0.3 is 6.36 Å². The molecule has 6 heteroatoms. The van der Waals surface area contributed by atoms with E-state index in [1.165, 1.54) is 23.5 Å². The molecular weight excluding hydrogens is 289 g/mol. The Balaban J connectivity index is 2.26. The number of hydrogen-bond acceptors (Lipinski definition) is 3. The van der Waals surface area contributed by atoms with Crippen LogP contribution in [-0.2, 0) is 0 Å². The van der Waals surface area contributed by atoms with Crippen LogP contribution >= 0.6 is 11.3 Å². The molecule has 0 unspecified atom stereocenters. The standard InChI is InChI=1S/C14H7F3O2S/c15-14(16,17)19-8-5-6-12-10(7-8)13(18)9-3-1-2-4-11(9)20-12/h1-7H. The van der Waals surface area contributed by atoms with Crippen LogP contribution in [0.3, 0.4) is 0 Å². The Morgan fingerprint density at radius 1 is 0.950 bits per heavy atom. The Hall–Kier alpha value is -2.08. The van der Waals surface area contributed by atoms with E-state index in [0.717, 1.165) is 10.8 Å². The summed E-state index contributed by atoms with van der Waals surface area (Å²) in [6, 6.07) is 10.8. The molecule has 0 amide bonds. The molecule has 1 aromatic heterocycles. The van der Waals surface area contributed by atoms with Crippen molar-refractivity contribution in [1.29, 1.82) is 0 Å². The zero-order valence-corrected chi connectivity index (χ0v) is 10.7. The summed E-state index contributed by atoms with van der Waals surface area (Å²) < 4.78 is 41.9. The highest BCUT2D eigenvalue weighted by Crippen LogP contribution is 2.29. The number of halogens is 3. The Morgan fingerprint density at radius 3 is 2.40 bits per heavy atom. The average molecular weight is 296 g/mol. The second-order valence-electron chi connectivity index (χ2n) is 4.13. The van der Waals surface area contributed by atoms with Crippen LogP contribution in [-0.4, -0.2) is 6.36 Å². The maximum atomic E-state index is 12.3. The summed E-state index contributed by atoms with van der Waals surface area (Å²) in [6.07, 6.45) is -4.77. The van der Waals surface area contributed by atoms with Crippen LogP contribution < -0.4 is 10.2 Å². The quantitative estimate of drug-likeness (QED) is 0.625. The van der Waals surface area contributed by atoms with Crippen LogP contribution in [0.15, 0.2) is 47.3 Å². The Kier molecular flexibility index (Phi) is 2.90. The third kappa shape index (κ3) is 2.34. The number of ether oxygens (including phenoxy) is 1. The lowest BCUT2D eigenvalue weighted by atomic mass is 10.2. The van der Waals surface area contributed by atoms with E-state index >= 15 is 0 Å². The van der Waals surface area contributed by atoms with Crippen LogP contribution in [0.25, 0.3) is 20.2 Å². The lowest BCUT2D eigenvalue weighted by molar-refractivity contribution is -0.274. The third-order valence-corrected chi connectivity index (χ3v) is 3.93. The molecule has 0 spiro atoms. The molecule has 0 aliphatic heterocycles. The fraction of sp³-hybridized carbons (Fsp3) is 0.0714. The van der Waals surface area contributed by atoms with Crippen molar-refractivity contribution >= 4 is 31.5 Å². The van der Waals surface area contributed by atoms with E-state index in [4.69, 9.17) is 0 Å². The predicted octanol–water partition coefficient (Wildman–Crippen LogP) is 4.31. The molecule has 0 N–H and O–H groups in total. The first-order valence-corrected chi connectivity index (χ1v) is 6.47. The molecule has 1 heterocycles. The third-order valence-electron chi connectivity index (χ3n) is 2.78.